The Morgan fingerprint density at radius 3 is 2.71 bits per heavy atom. The maximum absolute atomic E-state index is 12.2. The molecule has 0 aliphatic heterocycles. The van der Waals surface area contributed by atoms with Crippen molar-refractivity contribution in [1.82, 2.24) is 10.2 Å². The summed E-state index contributed by atoms with van der Waals surface area (Å²) in [6.45, 7) is 2.29. The monoisotopic (exact) mass is 397 g/mol. The van der Waals surface area contributed by atoms with E-state index in [1.165, 1.54) is 0 Å². The van der Waals surface area contributed by atoms with Crippen LogP contribution in [0.25, 0.3) is 11.5 Å². The Kier molecular flexibility index (Phi) is 6.80. The molecular weight excluding hydrogens is 378 g/mol. The lowest BCUT2D eigenvalue weighted by Crippen LogP contribution is -2.14. The van der Waals surface area contributed by atoms with Crippen LogP contribution in [-0.4, -0.2) is 34.4 Å². The summed E-state index contributed by atoms with van der Waals surface area (Å²) in [5.74, 6) is -0.155. The third-order valence-electron chi connectivity index (χ3n) is 3.57. The van der Waals surface area contributed by atoms with E-state index in [4.69, 9.17) is 9.15 Å². The second-order valence-electron chi connectivity index (χ2n) is 5.79. The minimum atomic E-state index is -0.411. The number of rotatable bonds is 8. The van der Waals surface area contributed by atoms with Gasteiger partial charge in [0.1, 0.15) is 0 Å². The summed E-state index contributed by atoms with van der Waals surface area (Å²) in [5.41, 5.74) is 1.73. The van der Waals surface area contributed by atoms with Gasteiger partial charge in [0.2, 0.25) is 11.8 Å². The number of aromatic nitrogens is 2. The van der Waals surface area contributed by atoms with Gasteiger partial charge in [0.25, 0.3) is 5.22 Å². The number of amides is 1. The Morgan fingerprint density at radius 2 is 1.93 bits per heavy atom. The SMILES string of the molecule is CCCOC(=O)c1cccc(NC(=O)CSc2nnc(-c3ccccc3)o2)c1. The lowest BCUT2D eigenvalue weighted by atomic mass is 10.2. The van der Waals surface area contributed by atoms with E-state index in [2.05, 4.69) is 15.5 Å². The molecule has 0 atom stereocenters. The molecule has 1 N–H and O–H groups in total. The first-order chi connectivity index (χ1) is 13.7. The Hall–Kier alpha value is -3.13. The molecule has 3 aromatic rings. The fraction of sp³-hybridized carbons (Fsp3) is 0.200. The first-order valence-corrected chi connectivity index (χ1v) is 9.73. The molecule has 0 radical (unpaired) electrons. The highest BCUT2D eigenvalue weighted by molar-refractivity contribution is 7.99. The Balaban J connectivity index is 1.54. The van der Waals surface area contributed by atoms with Crippen LogP contribution < -0.4 is 5.32 Å². The van der Waals surface area contributed by atoms with Crippen molar-refractivity contribution in [2.75, 3.05) is 17.7 Å². The van der Waals surface area contributed by atoms with Gasteiger partial charge < -0.3 is 14.5 Å². The smallest absolute Gasteiger partial charge is 0.338 e. The van der Waals surface area contributed by atoms with E-state index >= 15 is 0 Å². The van der Waals surface area contributed by atoms with Crippen LogP contribution in [0.4, 0.5) is 5.69 Å². The van der Waals surface area contributed by atoms with Gasteiger partial charge in [0.05, 0.1) is 17.9 Å². The van der Waals surface area contributed by atoms with E-state index in [9.17, 15) is 9.59 Å². The fourth-order valence-electron chi connectivity index (χ4n) is 2.29. The van der Waals surface area contributed by atoms with Crippen molar-refractivity contribution >= 4 is 29.3 Å². The zero-order valence-corrected chi connectivity index (χ0v) is 16.1. The van der Waals surface area contributed by atoms with Crippen LogP contribution in [0.15, 0.2) is 64.2 Å². The maximum Gasteiger partial charge on any atom is 0.338 e. The fourth-order valence-corrected chi connectivity index (χ4v) is 2.86. The van der Waals surface area contributed by atoms with Crippen molar-refractivity contribution in [2.24, 2.45) is 0 Å². The summed E-state index contributed by atoms with van der Waals surface area (Å²) in [5, 5.41) is 11.0. The summed E-state index contributed by atoms with van der Waals surface area (Å²) in [4.78, 5) is 24.1. The van der Waals surface area contributed by atoms with Crippen LogP contribution in [0.1, 0.15) is 23.7 Å². The minimum absolute atomic E-state index is 0.0981. The normalized spacial score (nSPS) is 10.5. The zero-order valence-electron chi connectivity index (χ0n) is 15.3. The maximum atomic E-state index is 12.2. The lowest BCUT2D eigenvalue weighted by molar-refractivity contribution is -0.113. The summed E-state index contributed by atoms with van der Waals surface area (Å²) >= 11 is 1.14. The first-order valence-electron chi connectivity index (χ1n) is 8.74. The molecule has 0 fully saturated rings. The highest BCUT2D eigenvalue weighted by Crippen LogP contribution is 2.23. The third kappa shape index (κ3) is 5.43. The number of thioether (sulfide) groups is 1. The number of carbonyl (C=O) groups excluding carboxylic acids is 2. The number of ether oxygens (including phenoxy) is 1. The molecule has 0 unspecified atom stereocenters. The average molecular weight is 397 g/mol. The molecule has 0 aliphatic carbocycles. The second-order valence-corrected chi connectivity index (χ2v) is 6.72. The van der Waals surface area contributed by atoms with Gasteiger partial charge in [-0.25, -0.2) is 4.79 Å². The van der Waals surface area contributed by atoms with Gasteiger partial charge in [-0.3, -0.25) is 4.79 Å². The summed E-state index contributed by atoms with van der Waals surface area (Å²) < 4.78 is 10.7. The number of hydrogen-bond donors (Lipinski definition) is 1. The van der Waals surface area contributed by atoms with Crippen LogP contribution in [0.5, 0.6) is 0 Å². The van der Waals surface area contributed by atoms with Crippen molar-refractivity contribution in [1.29, 1.82) is 0 Å². The number of anilines is 1. The molecule has 1 heterocycles. The number of esters is 1. The molecule has 0 aliphatic rings. The van der Waals surface area contributed by atoms with Crippen molar-refractivity contribution < 1.29 is 18.7 Å². The summed E-state index contributed by atoms with van der Waals surface area (Å²) in [6.07, 6.45) is 0.751. The van der Waals surface area contributed by atoms with Gasteiger partial charge in [0.15, 0.2) is 0 Å². The minimum Gasteiger partial charge on any atom is -0.462 e. The van der Waals surface area contributed by atoms with Crippen LogP contribution in [0.3, 0.4) is 0 Å². The van der Waals surface area contributed by atoms with E-state index < -0.39 is 5.97 Å². The van der Waals surface area contributed by atoms with Gasteiger partial charge in [-0.15, -0.1) is 10.2 Å². The van der Waals surface area contributed by atoms with Crippen LogP contribution in [0.2, 0.25) is 0 Å². The molecule has 0 saturated carbocycles. The molecule has 3 rings (SSSR count). The molecule has 144 valence electrons. The second kappa shape index (κ2) is 9.70. The molecular formula is C20H19N3O4S. The standard InChI is InChI=1S/C20H19N3O4S/c1-2-11-26-19(25)15-9-6-10-16(12-15)21-17(24)13-28-20-23-22-18(27-20)14-7-4-3-5-8-14/h3-10,12H,2,11,13H2,1H3,(H,21,24). The molecule has 7 nitrogen and oxygen atoms in total. The van der Waals surface area contributed by atoms with Crippen LogP contribution >= 0.6 is 11.8 Å². The number of nitrogens with one attached hydrogen (secondary N) is 1. The largest absolute Gasteiger partial charge is 0.462 e. The Morgan fingerprint density at radius 1 is 1.11 bits per heavy atom. The average Bonchev–Trinajstić information content (AvgIpc) is 3.20. The van der Waals surface area contributed by atoms with Crippen molar-refractivity contribution in [2.45, 2.75) is 18.6 Å². The van der Waals surface area contributed by atoms with E-state index in [1.54, 1.807) is 24.3 Å². The van der Waals surface area contributed by atoms with Crippen LogP contribution in [-0.2, 0) is 9.53 Å². The quantitative estimate of drug-likeness (QED) is 0.453. The van der Waals surface area contributed by atoms with Crippen molar-refractivity contribution in [3.05, 3.63) is 60.2 Å². The molecule has 0 bridgehead atoms. The molecule has 0 spiro atoms. The van der Waals surface area contributed by atoms with Gasteiger partial charge >= 0.3 is 5.97 Å². The highest BCUT2D eigenvalue weighted by atomic mass is 32.2. The number of hydrogen-bond acceptors (Lipinski definition) is 7. The Labute approximate surface area is 166 Å². The summed E-state index contributed by atoms with van der Waals surface area (Å²) in [6, 6.07) is 16.0. The highest BCUT2D eigenvalue weighted by Gasteiger charge is 2.12. The predicted octanol–water partition coefficient (Wildman–Crippen LogP) is 4.03. The molecule has 1 aromatic heterocycles. The number of carbonyl (C=O) groups is 2. The molecule has 2 aromatic carbocycles. The van der Waals surface area contributed by atoms with Crippen molar-refractivity contribution in [3.8, 4) is 11.5 Å². The van der Waals surface area contributed by atoms with Gasteiger partial charge in [-0.05, 0) is 36.8 Å². The van der Waals surface area contributed by atoms with E-state index in [0.29, 0.717) is 29.0 Å². The van der Waals surface area contributed by atoms with Gasteiger partial charge in [-0.1, -0.05) is 43.0 Å². The van der Waals surface area contributed by atoms with E-state index in [-0.39, 0.29) is 11.7 Å². The van der Waals surface area contributed by atoms with Gasteiger partial charge in [0, 0.05) is 11.3 Å². The molecule has 0 saturated heterocycles. The molecule has 8 heteroatoms. The first kappa shape index (κ1) is 19.6. The number of nitrogens with zero attached hydrogens (tertiary/aromatic N) is 2. The van der Waals surface area contributed by atoms with E-state index in [0.717, 1.165) is 23.7 Å². The van der Waals surface area contributed by atoms with E-state index in [1.807, 2.05) is 37.3 Å². The Bertz CT molecular complexity index is 943. The van der Waals surface area contributed by atoms with Gasteiger partial charge in [-0.2, -0.15) is 0 Å². The number of benzene rings is 2. The van der Waals surface area contributed by atoms with Crippen molar-refractivity contribution in [3.63, 3.8) is 0 Å². The zero-order chi connectivity index (χ0) is 19.8. The topological polar surface area (TPSA) is 94.3 Å². The predicted molar refractivity (Wildman–Crippen MR) is 106 cm³/mol. The molecule has 1 amide bonds. The summed E-state index contributed by atoms with van der Waals surface area (Å²) in [7, 11) is 0. The third-order valence-corrected chi connectivity index (χ3v) is 4.39. The van der Waals surface area contributed by atoms with Crippen LogP contribution in [0, 0.1) is 0 Å². The molecule has 28 heavy (non-hydrogen) atoms. The lowest BCUT2D eigenvalue weighted by Gasteiger charge is -2.07.